The third-order valence-electron chi connectivity index (χ3n) is 4.85. The highest BCUT2D eigenvalue weighted by Crippen LogP contribution is 2.35. The lowest BCUT2D eigenvalue weighted by molar-refractivity contribution is -0.208. The number of hydroxylamine groups is 2. The highest BCUT2D eigenvalue weighted by molar-refractivity contribution is 6.05. The Morgan fingerprint density at radius 3 is 2.44 bits per heavy atom. The van der Waals surface area contributed by atoms with Crippen LogP contribution >= 0.6 is 0 Å². The molecule has 2 aromatic carbocycles. The zero-order valence-corrected chi connectivity index (χ0v) is 14.4. The molecular weight excluding hydrogens is 348 g/mol. The fraction of sp³-hybridized carbons (Fsp3) is 0.250. The molecule has 0 radical (unpaired) electrons. The number of aliphatic hydroxyl groups is 1. The number of carbonyl (C=O) groups excluding carboxylic acids is 3. The highest BCUT2D eigenvalue weighted by atomic mass is 16.7. The molecule has 2 unspecified atom stereocenters. The fourth-order valence-corrected chi connectivity index (χ4v) is 3.48. The zero-order valence-electron chi connectivity index (χ0n) is 14.4. The van der Waals surface area contributed by atoms with Crippen LogP contribution in [0.25, 0.3) is 0 Å². The van der Waals surface area contributed by atoms with E-state index in [9.17, 15) is 19.5 Å². The Kier molecular flexibility index (Phi) is 4.47. The average Bonchev–Trinajstić information content (AvgIpc) is 2.94. The molecule has 2 aliphatic rings. The van der Waals surface area contributed by atoms with E-state index in [1.807, 2.05) is 30.3 Å². The Morgan fingerprint density at radius 2 is 1.70 bits per heavy atom. The smallest absolute Gasteiger partial charge is 0.276 e. The maximum atomic E-state index is 12.9. The second-order valence-electron chi connectivity index (χ2n) is 6.51. The molecule has 4 rings (SSSR count). The number of hydrogen-bond donors (Lipinski definition) is 1. The van der Waals surface area contributed by atoms with Crippen LogP contribution in [0.4, 0.5) is 0 Å². The molecule has 2 heterocycles. The van der Waals surface area contributed by atoms with Crippen LogP contribution < -0.4 is 0 Å². The number of amides is 3. The largest absolute Gasteiger partial charge is 0.369 e. The summed E-state index contributed by atoms with van der Waals surface area (Å²) in [5, 5.41) is 11.3. The molecule has 0 aliphatic carbocycles. The summed E-state index contributed by atoms with van der Waals surface area (Å²) in [6, 6.07) is 14.9. The monoisotopic (exact) mass is 366 g/mol. The van der Waals surface area contributed by atoms with Crippen molar-refractivity contribution in [2.24, 2.45) is 0 Å². The first-order valence-electron chi connectivity index (χ1n) is 8.71. The number of rotatable bonds is 4. The minimum absolute atomic E-state index is 0.0536. The van der Waals surface area contributed by atoms with Crippen molar-refractivity contribution < 1.29 is 24.3 Å². The van der Waals surface area contributed by atoms with Crippen molar-refractivity contribution in [2.75, 3.05) is 0 Å². The number of piperidine rings is 1. The van der Waals surface area contributed by atoms with E-state index >= 15 is 0 Å². The quantitative estimate of drug-likeness (QED) is 0.834. The van der Waals surface area contributed by atoms with Gasteiger partial charge in [0, 0.05) is 17.5 Å². The van der Waals surface area contributed by atoms with E-state index in [1.54, 1.807) is 24.3 Å². The SMILES string of the molecule is O=C1CCC(N2C(=O)c3ccccc3C2O)C(=O)N1OCc1ccccc1. The van der Waals surface area contributed by atoms with Crippen LogP contribution in [-0.4, -0.2) is 38.8 Å². The number of carbonyl (C=O) groups is 3. The fourth-order valence-electron chi connectivity index (χ4n) is 3.48. The van der Waals surface area contributed by atoms with Gasteiger partial charge in [0.05, 0.1) is 0 Å². The molecule has 3 amide bonds. The van der Waals surface area contributed by atoms with Crippen molar-refractivity contribution in [3.63, 3.8) is 0 Å². The molecule has 1 saturated heterocycles. The van der Waals surface area contributed by atoms with E-state index in [0.29, 0.717) is 11.1 Å². The second-order valence-corrected chi connectivity index (χ2v) is 6.51. The number of aliphatic hydroxyl groups excluding tert-OH is 1. The van der Waals surface area contributed by atoms with Gasteiger partial charge in [-0.3, -0.25) is 24.1 Å². The lowest BCUT2D eigenvalue weighted by Crippen LogP contribution is -2.55. The molecule has 1 fully saturated rings. The van der Waals surface area contributed by atoms with Gasteiger partial charge in [-0.25, -0.2) is 0 Å². The first-order valence-corrected chi connectivity index (χ1v) is 8.71. The first-order chi connectivity index (χ1) is 13.1. The van der Waals surface area contributed by atoms with Crippen LogP contribution in [0.5, 0.6) is 0 Å². The van der Waals surface area contributed by atoms with Gasteiger partial charge in [0.1, 0.15) is 12.6 Å². The number of imide groups is 1. The topological polar surface area (TPSA) is 87.2 Å². The molecule has 7 heteroatoms. The molecule has 27 heavy (non-hydrogen) atoms. The van der Waals surface area contributed by atoms with E-state index in [-0.39, 0.29) is 19.4 Å². The van der Waals surface area contributed by atoms with Gasteiger partial charge in [0.15, 0.2) is 6.23 Å². The summed E-state index contributed by atoms with van der Waals surface area (Å²) in [5.41, 5.74) is 1.64. The maximum Gasteiger partial charge on any atom is 0.276 e. The van der Waals surface area contributed by atoms with E-state index in [0.717, 1.165) is 15.5 Å². The van der Waals surface area contributed by atoms with Crippen molar-refractivity contribution >= 4 is 17.7 Å². The number of nitrogens with zero attached hydrogens (tertiary/aromatic N) is 2. The predicted octanol–water partition coefficient (Wildman–Crippen LogP) is 1.78. The van der Waals surface area contributed by atoms with Crippen molar-refractivity contribution in [3.05, 3.63) is 71.3 Å². The van der Waals surface area contributed by atoms with Gasteiger partial charge in [0.25, 0.3) is 17.7 Å². The van der Waals surface area contributed by atoms with Gasteiger partial charge < -0.3 is 5.11 Å². The number of benzene rings is 2. The van der Waals surface area contributed by atoms with Crippen LogP contribution in [0.15, 0.2) is 54.6 Å². The summed E-state index contributed by atoms with van der Waals surface area (Å²) in [6.45, 7) is 0.0573. The Hall–Kier alpha value is -3.03. The first kappa shape index (κ1) is 17.4. The molecule has 2 atom stereocenters. The summed E-state index contributed by atoms with van der Waals surface area (Å²) in [4.78, 5) is 44.3. The van der Waals surface area contributed by atoms with Gasteiger partial charge in [-0.2, -0.15) is 5.06 Å². The van der Waals surface area contributed by atoms with Crippen molar-refractivity contribution in [1.82, 2.24) is 9.96 Å². The van der Waals surface area contributed by atoms with E-state index in [2.05, 4.69) is 0 Å². The molecule has 0 aromatic heterocycles. The molecule has 138 valence electrons. The van der Waals surface area contributed by atoms with E-state index < -0.39 is 30.0 Å². The van der Waals surface area contributed by atoms with Crippen LogP contribution in [0.3, 0.4) is 0 Å². The minimum atomic E-state index is -1.22. The van der Waals surface area contributed by atoms with Crippen LogP contribution in [0.1, 0.15) is 40.6 Å². The third kappa shape index (κ3) is 3.01. The molecule has 0 saturated carbocycles. The van der Waals surface area contributed by atoms with Crippen molar-refractivity contribution in [2.45, 2.75) is 31.7 Å². The highest BCUT2D eigenvalue weighted by Gasteiger charge is 2.47. The Bertz CT molecular complexity index is 898. The minimum Gasteiger partial charge on any atom is -0.369 e. The van der Waals surface area contributed by atoms with Gasteiger partial charge in [-0.05, 0) is 18.1 Å². The lowest BCUT2D eigenvalue weighted by atomic mass is 10.0. The molecule has 1 N–H and O–H groups in total. The summed E-state index contributed by atoms with van der Waals surface area (Å²) >= 11 is 0. The number of fused-ring (bicyclic) bond motifs is 1. The summed E-state index contributed by atoms with van der Waals surface area (Å²) in [5.74, 6) is -1.51. The second kappa shape index (κ2) is 6.94. The van der Waals surface area contributed by atoms with Gasteiger partial charge >= 0.3 is 0 Å². The Balaban J connectivity index is 1.54. The molecule has 0 spiro atoms. The summed E-state index contributed by atoms with van der Waals surface area (Å²) < 4.78 is 0. The van der Waals surface area contributed by atoms with Gasteiger partial charge in [0.2, 0.25) is 0 Å². The van der Waals surface area contributed by atoms with Crippen LogP contribution in [0.2, 0.25) is 0 Å². The van der Waals surface area contributed by atoms with Crippen molar-refractivity contribution in [1.29, 1.82) is 0 Å². The van der Waals surface area contributed by atoms with E-state index in [4.69, 9.17) is 4.84 Å². The summed E-state index contributed by atoms with van der Waals surface area (Å²) in [6.07, 6.45) is -1.01. The Morgan fingerprint density at radius 1 is 1.00 bits per heavy atom. The van der Waals surface area contributed by atoms with Crippen LogP contribution in [-0.2, 0) is 21.0 Å². The van der Waals surface area contributed by atoms with Gasteiger partial charge in [-0.15, -0.1) is 0 Å². The number of hydrogen-bond acceptors (Lipinski definition) is 5. The van der Waals surface area contributed by atoms with E-state index in [1.165, 1.54) is 0 Å². The average molecular weight is 366 g/mol. The van der Waals surface area contributed by atoms with Crippen LogP contribution in [0, 0.1) is 0 Å². The summed E-state index contributed by atoms with van der Waals surface area (Å²) in [7, 11) is 0. The molecule has 7 nitrogen and oxygen atoms in total. The third-order valence-corrected chi connectivity index (χ3v) is 4.85. The maximum absolute atomic E-state index is 12.9. The molecule has 0 bridgehead atoms. The normalized spacial score (nSPS) is 22.3. The molecular formula is C20H18N2O5. The molecule has 2 aliphatic heterocycles. The van der Waals surface area contributed by atoms with Crippen molar-refractivity contribution in [3.8, 4) is 0 Å². The predicted molar refractivity (Wildman–Crippen MR) is 93.7 cm³/mol. The molecule has 2 aromatic rings. The standard InChI is InChI=1S/C20H18N2O5/c23-17-11-10-16(20(26)22(17)27-12-13-6-2-1-3-7-13)21-18(24)14-8-4-5-9-15(14)19(21)25/h1-9,16,18,24H,10-12H2. The van der Waals surface area contributed by atoms with Gasteiger partial charge in [-0.1, -0.05) is 48.5 Å². The lowest BCUT2D eigenvalue weighted by Gasteiger charge is -2.36. The Labute approximate surface area is 155 Å². The zero-order chi connectivity index (χ0) is 19.0.